The van der Waals surface area contributed by atoms with E-state index in [1.165, 1.54) is 64.7 Å². The van der Waals surface area contributed by atoms with Crippen LogP contribution in [0.5, 0.6) is 0 Å². The van der Waals surface area contributed by atoms with E-state index in [4.69, 9.17) is 24.1 Å². The second-order valence-electron chi connectivity index (χ2n) is 14.0. The number of unbranched alkanes of at least 4 members (excludes halogenated alkanes) is 15. The zero-order valence-corrected chi connectivity index (χ0v) is 33.7. The van der Waals surface area contributed by atoms with Crippen molar-refractivity contribution in [3.8, 4) is 0 Å². The smallest absolute Gasteiger partial charge is 0.326 e. The van der Waals surface area contributed by atoms with E-state index in [9.17, 15) is 33.9 Å². The van der Waals surface area contributed by atoms with Gasteiger partial charge >= 0.3 is 11.9 Å². The average Bonchev–Trinajstić information content (AvgIpc) is 3.13. The number of carboxylic acid groups (broad SMARTS) is 2. The fourth-order valence-corrected chi connectivity index (χ4v) is 5.61. The molecule has 0 unspecified atom stereocenters. The zero-order chi connectivity index (χ0) is 40.6. The summed E-state index contributed by atoms with van der Waals surface area (Å²) in [6.07, 6.45) is 19.8. The number of rotatable bonds is 42. The van der Waals surface area contributed by atoms with Crippen LogP contribution >= 0.6 is 0 Å². The molecule has 0 aromatic rings. The molecule has 0 aromatic carbocycles. The van der Waals surface area contributed by atoms with Crippen LogP contribution in [-0.2, 0) is 47.7 Å². The molecule has 0 heterocycles. The summed E-state index contributed by atoms with van der Waals surface area (Å²) >= 11 is 0. The molecule has 0 radical (unpaired) electrons. The maximum absolute atomic E-state index is 12.3. The first-order chi connectivity index (χ1) is 26.6. The van der Waals surface area contributed by atoms with E-state index in [2.05, 4.69) is 16.0 Å². The summed E-state index contributed by atoms with van der Waals surface area (Å²) in [6.45, 7) is 4.55. The summed E-state index contributed by atoms with van der Waals surface area (Å²) in [6, 6.07) is -1.10. The maximum atomic E-state index is 12.3. The molecule has 55 heavy (non-hydrogen) atoms. The Hall–Kier alpha value is -3.14. The first kappa shape index (κ1) is 51.9. The monoisotopic (exact) mass is 788 g/mol. The van der Waals surface area contributed by atoms with Crippen LogP contribution in [0.25, 0.3) is 0 Å². The summed E-state index contributed by atoms with van der Waals surface area (Å²) in [4.78, 5) is 68.9. The van der Waals surface area contributed by atoms with Crippen LogP contribution in [0.4, 0.5) is 0 Å². The van der Waals surface area contributed by atoms with Gasteiger partial charge in [0.05, 0.1) is 26.4 Å². The predicted molar refractivity (Wildman–Crippen MR) is 209 cm³/mol. The Balaban J connectivity index is 3.58. The number of Topliss-reactive ketones (excluding diaryl/α,β-unsaturated/α-hetero) is 1. The molecule has 5 N–H and O–H groups in total. The highest BCUT2D eigenvalue weighted by atomic mass is 16.5. The number of carbonyl (C=O) groups is 6. The van der Waals surface area contributed by atoms with E-state index in [0.29, 0.717) is 72.0 Å². The third-order valence-electron chi connectivity index (χ3n) is 8.70. The van der Waals surface area contributed by atoms with Crippen molar-refractivity contribution >= 4 is 35.4 Å². The normalized spacial score (nSPS) is 11.6. The first-order valence-corrected chi connectivity index (χ1v) is 20.7. The van der Waals surface area contributed by atoms with E-state index in [1.807, 2.05) is 0 Å². The lowest BCUT2D eigenvalue weighted by Gasteiger charge is -2.14. The average molecular weight is 788 g/mol. The molecule has 15 nitrogen and oxygen atoms in total. The molecule has 15 heteroatoms. The van der Waals surface area contributed by atoms with Crippen molar-refractivity contribution in [3.63, 3.8) is 0 Å². The van der Waals surface area contributed by atoms with Crippen LogP contribution < -0.4 is 16.0 Å². The van der Waals surface area contributed by atoms with Gasteiger partial charge in [-0.15, -0.1) is 0 Å². The highest BCUT2D eigenvalue weighted by molar-refractivity contribution is 5.84. The van der Waals surface area contributed by atoms with E-state index in [1.54, 1.807) is 0 Å². The van der Waals surface area contributed by atoms with E-state index >= 15 is 0 Å². The minimum atomic E-state index is -1.15. The third kappa shape index (κ3) is 40.3. The van der Waals surface area contributed by atoms with Gasteiger partial charge in [-0.05, 0) is 39.0 Å². The number of aliphatic carboxylic acids is 2. The van der Waals surface area contributed by atoms with Gasteiger partial charge in [-0.25, -0.2) is 4.79 Å². The van der Waals surface area contributed by atoms with Crippen LogP contribution in [-0.4, -0.2) is 118 Å². The van der Waals surface area contributed by atoms with Crippen molar-refractivity contribution in [1.29, 1.82) is 0 Å². The number of carboxylic acids is 2. The maximum Gasteiger partial charge on any atom is 0.326 e. The topological polar surface area (TPSA) is 216 Å². The van der Waals surface area contributed by atoms with Gasteiger partial charge < -0.3 is 45.1 Å². The lowest BCUT2D eigenvalue weighted by atomic mass is 10.0. The van der Waals surface area contributed by atoms with E-state index in [0.717, 1.165) is 38.5 Å². The van der Waals surface area contributed by atoms with Gasteiger partial charge in [0.25, 0.3) is 0 Å². The highest BCUT2D eigenvalue weighted by Gasteiger charge is 2.20. The minimum Gasteiger partial charge on any atom is -0.481 e. The van der Waals surface area contributed by atoms with Crippen LogP contribution in [0, 0.1) is 0 Å². The van der Waals surface area contributed by atoms with Crippen molar-refractivity contribution in [3.05, 3.63) is 0 Å². The van der Waals surface area contributed by atoms with Crippen molar-refractivity contribution in [2.75, 3.05) is 65.9 Å². The van der Waals surface area contributed by atoms with E-state index < -0.39 is 18.0 Å². The Labute approximate surface area is 329 Å². The van der Waals surface area contributed by atoms with Gasteiger partial charge in [-0.3, -0.25) is 24.0 Å². The first-order valence-electron chi connectivity index (χ1n) is 20.7. The fraction of sp³-hybridized carbons (Fsp3) is 0.850. The SMILES string of the molecule is CC(=O)COCC(=O)NCCCOCCOCCOCCCNC(=O)CC[C@@H](NC(=O)CCCCCCCCCCCCCCCCCCC(=O)O)C(=O)O. The zero-order valence-electron chi connectivity index (χ0n) is 33.7. The molecule has 0 bridgehead atoms. The summed E-state index contributed by atoms with van der Waals surface area (Å²) in [5, 5.41) is 26.1. The molecular weight excluding hydrogens is 714 g/mol. The predicted octanol–water partition coefficient (Wildman–Crippen LogP) is 5.11. The summed E-state index contributed by atoms with van der Waals surface area (Å²) in [5.74, 6) is -2.83. The molecule has 0 spiro atoms. The van der Waals surface area contributed by atoms with Gasteiger partial charge in [-0.2, -0.15) is 0 Å². The Kier molecular flexibility index (Phi) is 36.9. The van der Waals surface area contributed by atoms with Crippen LogP contribution in [0.1, 0.15) is 148 Å². The fourth-order valence-electron chi connectivity index (χ4n) is 5.61. The van der Waals surface area contributed by atoms with Gasteiger partial charge in [0, 0.05) is 45.6 Å². The number of ketones is 1. The molecule has 0 fully saturated rings. The number of nitrogens with one attached hydrogen (secondary N) is 3. The molecule has 0 aromatic heterocycles. The number of hydrogen-bond acceptors (Lipinski definition) is 10. The highest BCUT2D eigenvalue weighted by Crippen LogP contribution is 2.14. The van der Waals surface area contributed by atoms with Gasteiger partial charge in [-0.1, -0.05) is 89.9 Å². The lowest BCUT2D eigenvalue weighted by Crippen LogP contribution is -2.41. The lowest BCUT2D eigenvalue weighted by molar-refractivity contribution is -0.142. The number of hydrogen-bond donors (Lipinski definition) is 5. The molecule has 1 atom stereocenters. The summed E-state index contributed by atoms with van der Waals surface area (Å²) < 4.78 is 21.3. The number of carbonyl (C=O) groups excluding carboxylic acids is 4. The molecule has 0 aliphatic rings. The molecule has 3 amide bonds. The molecular formula is C40H73N3O12. The van der Waals surface area contributed by atoms with E-state index in [-0.39, 0.29) is 62.4 Å². The molecule has 0 saturated carbocycles. The van der Waals surface area contributed by atoms with Crippen molar-refractivity contribution < 1.29 is 57.9 Å². The van der Waals surface area contributed by atoms with Crippen molar-refractivity contribution in [1.82, 2.24) is 16.0 Å². The number of amides is 3. The molecule has 0 saturated heterocycles. The quantitative estimate of drug-likeness (QED) is 0.0511. The summed E-state index contributed by atoms with van der Waals surface area (Å²) in [7, 11) is 0. The largest absolute Gasteiger partial charge is 0.481 e. The van der Waals surface area contributed by atoms with Crippen LogP contribution in [0.3, 0.4) is 0 Å². The van der Waals surface area contributed by atoms with Gasteiger partial charge in [0.2, 0.25) is 17.7 Å². The Morgan fingerprint density at radius 1 is 0.455 bits per heavy atom. The third-order valence-corrected chi connectivity index (χ3v) is 8.70. The Bertz CT molecular complexity index is 1010. The van der Waals surface area contributed by atoms with Gasteiger partial charge in [0.15, 0.2) is 5.78 Å². The number of ether oxygens (including phenoxy) is 4. The van der Waals surface area contributed by atoms with Crippen molar-refractivity contribution in [2.24, 2.45) is 0 Å². The van der Waals surface area contributed by atoms with Crippen LogP contribution in [0.15, 0.2) is 0 Å². The Morgan fingerprint density at radius 2 is 0.873 bits per heavy atom. The Morgan fingerprint density at radius 3 is 1.31 bits per heavy atom. The molecule has 320 valence electrons. The standard InChI is InChI=1S/C40H73N3O12/c1-34(44)32-55-33-38(47)42-25-19-27-53-29-31-54-30-28-52-26-18-24-41-36(45)23-22-35(40(50)51)43-37(46)20-16-14-12-10-8-6-4-2-3-5-7-9-11-13-15-17-21-39(48)49/h35H,2-33H2,1H3,(H,41,45)(H,42,47)(H,43,46)(H,48,49)(H,50,51)/t35-/m1/s1. The second kappa shape index (κ2) is 39.1. The van der Waals surface area contributed by atoms with Crippen molar-refractivity contribution in [2.45, 2.75) is 154 Å². The minimum absolute atomic E-state index is 0.00257. The second-order valence-corrected chi connectivity index (χ2v) is 14.0. The van der Waals surface area contributed by atoms with Crippen LogP contribution in [0.2, 0.25) is 0 Å². The molecule has 0 rings (SSSR count). The van der Waals surface area contributed by atoms with Gasteiger partial charge in [0.1, 0.15) is 19.3 Å². The molecule has 0 aliphatic heterocycles. The molecule has 0 aliphatic carbocycles. The summed E-state index contributed by atoms with van der Waals surface area (Å²) in [5.41, 5.74) is 0.